The molecule has 0 heterocycles. The van der Waals surface area contributed by atoms with E-state index in [4.69, 9.17) is 32.2 Å². The Bertz CT molecular complexity index is 859. The highest BCUT2D eigenvalue weighted by Crippen LogP contribution is 2.36. The molecule has 2 aromatic carbocycles. The Kier molecular flexibility index (Phi) is 8.53. The van der Waals surface area contributed by atoms with Crippen LogP contribution in [0.3, 0.4) is 0 Å². The second-order valence-corrected chi connectivity index (χ2v) is 7.23. The van der Waals surface area contributed by atoms with Crippen molar-refractivity contribution >= 4 is 39.5 Å². The Labute approximate surface area is 179 Å². The van der Waals surface area contributed by atoms with Crippen molar-refractivity contribution in [1.82, 2.24) is 5.43 Å². The van der Waals surface area contributed by atoms with Crippen molar-refractivity contribution < 1.29 is 14.2 Å². The lowest BCUT2D eigenvalue weighted by Crippen LogP contribution is -2.24. The molecule has 0 saturated heterocycles. The molecule has 0 spiro atoms. The smallest absolute Gasteiger partial charge is 0.184 e. The van der Waals surface area contributed by atoms with Crippen molar-refractivity contribution in [2.45, 2.75) is 20.8 Å². The lowest BCUT2D eigenvalue weighted by atomic mass is 10.1. The first-order chi connectivity index (χ1) is 13.4. The topological polar surface area (TPSA) is 78.1 Å². The van der Waals surface area contributed by atoms with Crippen LogP contribution in [0, 0.1) is 13.8 Å². The van der Waals surface area contributed by atoms with E-state index in [9.17, 15) is 0 Å². The Balaban J connectivity index is 2.01. The van der Waals surface area contributed by atoms with Crippen LogP contribution >= 0.6 is 28.1 Å². The molecule has 0 unspecified atom stereocenters. The van der Waals surface area contributed by atoms with Gasteiger partial charge in [0, 0.05) is 0 Å². The van der Waals surface area contributed by atoms with Crippen LogP contribution in [0.2, 0.25) is 0 Å². The van der Waals surface area contributed by atoms with E-state index in [-0.39, 0.29) is 5.11 Å². The fourth-order valence-corrected chi connectivity index (χ4v) is 2.97. The molecule has 2 rings (SSSR count). The number of aryl methyl sites for hydroxylation is 2. The van der Waals surface area contributed by atoms with E-state index in [0.29, 0.717) is 31.3 Å². The van der Waals surface area contributed by atoms with Crippen molar-refractivity contribution in [3.05, 3.63) is 51.5 Å². The van der Waals surface area contributed by atoms with Crippen LogP contribution < -0.4 is 25.4 Å². The van der Waals surface area contributed by atoms with Crippen molar-refractivity contribution in [2.24, 2.45) is 10.8 Å². The number of hydrogen-bond acceptors (Lipinski definition) is 5. The van der Waals surface area contributed by atoms with E-state index in [2.05, 4.69) is 40.3 Å². The van der Waals surface area contributed by atoms with Crippen LogP contribution in [-0.2, 0) is 0 Å². The van der Waals surface area contributed by atoms with Gasteiger partial charge in [0.25, 0.3) is 0 Å². The van der Waals surface area contributed by atoms with E-state index in [0.717, 1.165) is 15.8 Å². The average Bonchev–Trinajstić information content (AvgIpc) is 2.63. The molecule has 0 amide bonds. The average molecular weight is 466 g/mol. The third-order valence-corrected chi connectivity index (χ3v) is 4.48. The predicted molar refractivity (Wildman–Crippen MR) is 120 cm³/mol. The molecular weight excluding hydrogens is 442 g/mol. The van der Waals surface area contributed by atoms with Crippen LogP contribution in [0.1, 0.15) is 23.6 Å². The van der Waals surface area contributed by atoms with Crippen LogP contribution in [0.15, 0.2) is 39.9 Å². The molecule has 0 fully saturated rings. The number of halogens is 1. The monoisotopic (exact) mass is 465 g/mol. The maximum atomic E-state index is 5.90. The molecule has 0 aliphatic carbocycles. The van der Waals surface area contributed by atoms with Gasteiger partial charge in [-0.3, -0.25) is 5.43 Å². The normalized spacial score (nSPS) is 10.7. The summed E-state index contributed by atoms with van der Waals surface area (Å²) in [5, 5.41) is 4.06. The molecular formula is C20H24BrN3O3S. The first-order valence-electron chi connectivity index (χ1n) is 8.78. The summed E-state index contributed by atoms with van der Waals surface area (Å²) >= 11 is 8.24. The number of hydrazone groups is 1. The Hall–Kier alpha value is -2.32. The van der Waals surface area contributed by atoms with Gasteiger partial charge in [0.05, 0.1) is 17.3 Å². The van der Waals surface area contributed by atoms with Gasteiger partial charge in [-0.15, -0.1) is 0 Å². The van der Waals surface area contributed by atoms with Gasteiger partial charge >= 0.3 is 0 Å². The summed E-state index contributed by atoms with van der Waals surface area (Å²) in [6.07, 6.45) is 1.60. The number of nitrogens with one attached hydrogen (secondary N) is 1. The Morgan fingerprint density at radius 2 is 1.89 bits per heavy atom. The van der Waals surface area contributed by atoms with E-state index in [1.54, 1.807) is 6.21 Å². The maximum Gasteiger partial charge on any atom is 0.184 e. The molecule has 0 bridgehead atoms. The molecule has 150 valence electrons. The minimum Gasteiger partial charge on any atom is -0.490 e. The minimum atomic E-state index is 0.101. The van der Waals surface area contributed by atoms with Crippen LogP contribution in [0.25, 0.3) is 0 Å². The fraction of sp³-hybridized carbons (Fsp3) is 0.300. The number of ether oxygens (including phenoxy) is 3. The highest BCUT2D eigenvalue weighted by molar-refractivity contribution is 9.10. The fourth-order valence-electron chi connectivity index (χ4n) is 2.34. The number of thiocarbonyl (C=S) groups is 1. The van der Waals surface area contributed by atoms with Crippen molar-refractivity contribution in [2.75, 3.05) is 19.8 Å². The number of rotatable bonds is 9. The van der Waals surface area contributed by atoms with Gasteiger partial charge in [-0.05, 0) is 89.9 Å². The number of hydrogen-bond donors (Lipinski definition) is 2. The van der Waals surface area contributed by atoms with E-state index in [1.165, 1.54) is 11.1 Å². The highest BCUT2D eigenvalue weighted by atomic mass is 79.9. The lowest BCUT2D eigenvalue weighted by Gasteiger charge is -2.15. The molecule has 6 nitrogen and oxygen atoms in total. The largest absolute Gasteiger partial charge is 0.490 e. The van der Waals surface area contributed by atoms with E-state index >= 15 is 0 Å². The maximum absolute atomic E-state index is 5.90. The number of nitrogens with zero attached hydrogens (tertiary/aromatic N) is 1. The second-order valence-electron chi connectivity index (χ2n) is 5.94. The molecule has 0 aromatic heterocycles. The summed E-state index contributed by atoms with van der Waals surface area (Å²) < 4.78 is 18.1. The summed E-state index contributed by atoms with van der Waals surface area (Å²) in [6, 6.07) is 9.72. The van der Waals surface area contributed by atoms with Crippen molar-refractivity contribution in [3.8, 4) is 17.2 Å². The summed E-state index contributed by atoms with van der Waals surface area (Å²) in [5.74, 6) is 2.05. The molecule has 0 atom stereocenters. The van der Waals surface area contributed by atoms with Gasteiger partial charge in [0.15, 0.2) is 16.6 Å². The molecule has 2 aromatic rings. The van der Waals surface area contributed by atoms with Crippen LogP contribution in [0.5, 0.6) is 17.2 Å². The Morgan fingerprint density at radius 3 is 2.57 bits per heavy atom. The molecule has 3 N–H and O–H groups in total. The van der Waals surface area contributed by atoms with Gasteiger partial charge in [0.2, 0.25) is 0 Å². The van der Waals surface area contributed by atoms with E-state index in [1.807, 2.05) is 37.3 Å². The van der Waals surface area contributed by atoms with Gasteiger partial charge < -0.3 is 19.9 Å². The second kappa shape index (κ2) is 10.9. The molecule has 0 radical (unpaired) electrons. The van der Waals surface area contributed by atoms with Gasteiger partial charge in [0.1, 0.15) is 19.0 Å². The SMILES string of the molecule is CCOc1cc(/C=N\NC(N)=S)cc(Br)c1OCCOc1ccc(C)c(C)c1. The van der Waals surface area contributed by atoms with Gasteiger partial charge in [-0.1, -0.05) is 6.07 Å². The predicted octanol–water partition coefficient (Wildman–Crippen LogP) is 4.09. The molecule has 0 aliphatic heterocycles. The first kappa shape index (κ1) is 22.0. The third kappa shape index (κ3) is 6.69. The quantitative estimate of drug-likeness (QED) is 0.251. The van der Waals surface area contributed by atoms with Crippen LogP contribution in [0.4, 0.5) is 0 Å². The molecule has 28 heavy (non-hydrogen) atoms. The highest BCUT2D eigenvalue weighted by Gasteiger charge is 2.12. The number of benzene rings is 2. The molecule has 8 heteroatoms. The molecule has 0 aliphatic rings. The number of nitrogens with two attached hydrogens (primary N) is 1. The van der Waals surface area contributed by atoms with Crippen molar-refractivity contribution in [3.63, 3.8) is 0 Å². The summed E-state index contributed by atoms with van der Waals surface area (Å²) in [7, 11) is 0. The van der Waals surface area contributed by atoms with Crippen molar-refractivity contribution in [1.29, 1.82) is 0 Å². The van der Waals surface area contributed by atoms with Crippen LogP contribution in [-0.4, -0.2) is 31.1 Å². The summed E-state index contributed by atoms with van der Waals surface area (Å²) in [5.41, 5.74) is 11.1. The third-order valence-electron chi connectivity index (χ3n) is 3.80. The zero-order valence-electron chi connectivity index (χ0n) is 16.1. The Morgan fingerprint density at radius 1 is 1.14 bits per heavy atom. The zero-order chi connectivity index (χ0) is 20.5. The van der Waals surface area contributed by atoms with E-state index < -0.39 is 0 Å². The van der Waals surface area contributed by atoms with Gasteiger partial charge in [-0.2, -0.15) is 5.10 Å². The molecule has 0 saturated carbocycles. The summed E-state index contributed by atoms with van der Waals surface area (Å²) in [6.45, 7) is 7.35. The first-order valence-corrected chi connectivity index (χ1v) is 9.98. The lowest BCUT2D eigenvalue weighted by molar-refractivity contribution is 0.207. The van der Waals surface area contributed by atoms with Gasteiger partial charge in [-0.25, -0.2) is 0 Å². The minimum absolute atomic E-state index is 0.101. The zero-order valence-corrected chi connectivity index (χ0v) is 18.5. The standard InChI is InChI=1S/C20H24BrN3O3S/c1-4-25-18-11-15(12-23-24-20(22)28)10-17(21)19(18)27-8-7-26-16-6-5-13(2)14(3)9-16/h5-6,9-12H,4,7-8H2,1-3H3,(H3,22,24,28)/b23-12-. The summed E-state index contributed by atoms with van der Waals surface area (Å²) in [4.78, 5) is 0.